The van der Waals surface area contributed by atoms with Gasteiger partial charge < -0.3 is 39.7 Å². The molecule has 0 amide bonds. The minimum absolute atomic E-state index is 0.114. The van der Waals surface area contributed by atoms with Crippen LogP contribution in [0.5, 0.6) is 11.6 Å². The highest BCUT2D eigenvalue weighted by atomic mass is 16.6. The zero-order chi connectivity index (χ0) is 31.3. The second kappa shape index (κ2) is 11.2. The first kappa shape index (κ1) is 29.4. The van der Waals surface area contributed by atoms with Crippen LogP contribution in [0.25, 0.3) is 16.8 Å². The lowest BCUT2D eigenvalue weighted by Gasteiger charge is -2.60. The van der Waals surface area contributed by atoms with Crippen LogP contribution in [0.4, 0.5) is 5.82 Å². The zero-order valence-electron chi connectivity index (χ0n) is 24.7. The summed E-state index contributed by atoms with van der Waals surface area (Å²) < 4.78 is 18.3. The standard InChI is InChI=1S/C29H32BN9O6/c1-43-26-3-2-18(10-35-26)29(41,42)39-19-6-20(39)15-37(14-19)25-13-33-23(11-34-25)22-7-21(16-38-27(22)17(8-31)9-36-38)45-28(30,40)24-12-32-4-5-44-24/h2-3,7,9-11,13,16,19-20,24,32,40-42H,4-6,12,14-15,30H2,1H3. The highest BCUT2D eigenvalue weighted by Crippen LogP contribution is 2.42. The van der Waals surface area contributed by atoms with Crippen LogP contribution in [-0.2, 0) is 10.6 Å². The number of morpholine rings is 1. The number of hydrogen-bond acceptors (Lipinski definition) is 14. The van der Waals surface area contributed by atoms with E-state index in [-0.39, 0.29) is 17.6 Å². The number of methoxy groups -OCH3 is 1. The number of nitrogens with zero attached hydrogens (tertiary/aromatic N) is 8. The molecule has 15 nitrogen and oxygen atoms in total. The highest BCUT2D eigenvalue weighted by Gasteiger charge is 2.54. The molecule has 4 atom stereocenters. The van der Waals surface area contributed by atoms with Gasteiger partial charge in [0.1, 0.15) is 23.7 Å². The lowest BCUT2D eigenvalue weighted by molar-refractivity contribution is -0.328. The molecule has 4 aromatic rings. The van der Waals surface area contributed by atoms with Crippen LogP contribution in [0.1, 0.15) is 17.5 Å². The fourth-order valence-corrected chi connectivity index (χ4v) is 6.42. The van der Waals surface area contributed by atoms with Crippen molar-refractivity contribution in [2.24, 2.45) is 0 Å². The van der Waals surface area contributed by atoms with E-state index in [1.807, 2.05) is 0 Å². The number of hydrogen-bond donors (Lipinski definition) is 4. The Labute approximate surface area is 259 Å². The number of nitrogens with one attached hydrogen (secondary N) is 1. The summed E-state index contributed by atoms with van der Waals surface area (Å²) in [6.45, 7) is 2.64. The van der Waals surface area contributed by atoms with E-state index < -0.39 is 17.7 Å². The van der Waals surface area contributed by atoms with Crippen molar-refractivity contribution in [1.29, 1.82) is 5.26 Å². The van der Waals surface area contributed by atoms with Gasteiger partial charge in [0, 0.05) is 61.7 Å². The number of ether oxygens (including phenoxy) is 3. The van der Waals surface area contributed by atoms with Gasteiger partial charge in [-0.05, 0) is 18.6 Å². The van der Waals surface area contributed by atoms with Crippen molar-refractivity contribution < 1.29 is 29.5 Å². The Morgan fingerprint density at radius 1 is 1.11 bits per heavy atom. The zero-order valence-corrected chi connectivity index (χ0v) is 24.7. The average Bonchev–Trinajstić information content (AvgIpc) is 3.47. The van der Waals surface area contributed by atoms with Crippen molar-refractivity contribution in [2.45, 2.75) is 36.2 Å². The normalized spacial score (nSPS) is 23.2. The molecule has 0 spiro atoms. The van der Waals surface area contributed by atoms with Gasteiger partial charge in [0.25, 0.3) is 5.91 Å². The molecular formula is C29H32BN9O6. The van der Waals surface area contributed by atoms with Crippen LogP contribution in [-0.4, -0.2) is 116 Å². The molecule has 232 valence electrons. The lowest BCUT2D eigenvalue weighted by atomic mass is 9.85. The number of aliphatic hydroxyl groups is 3. The molecule has 16 heteroatoms. The molecule has 8 rings (SSSR count). The van der Waals surface area contributed by atoms with E-state index in [4.69, 9.17) is 14.2 Å². The van der Waals surface area contributed by atoms with Gasteiger partial charge in [-0.3, -0.25) is 4.98 Å². The van der Waals surface area contributed by atoms with Gasteiger partial charge in [-0.2, -0.15) is 10.4 Å². The largest absolute Gasteiger partial charge is 0.481 e. The SMILES string of the molecule is BC(O)(Oc1cc(-c2cnc(N3CC4CC(C3)N4C(O)(O)c3ccc(OC)nc3)cn2)c2c(C#N)cnn2c1)C1CNCCO1. The first-order valence-corrected chi connectivity index (χ1v) is 14.6. The number of piperidine rings is 1. The maximum absolute atomic E-state index is 11.1. The molecular weight excluding hydrogens is 581 g/mol. The summed E-state index contributed by atoms with van der Waals surface area (Å²) in [4.78, 5) is 17.3. The first-order chi connectivity index (χ1) is 21.7. The first-order valence-electron chi connectivity index (χ1n) is 14.6. The quantitative estimate of drug-likeness (QED) is 0.137. The second-order valence-electron chi connectivity index (χ2n) is 11.6. The summed E-state index contributed by atoms with van der Waals surface area (Å²) in [6, 6.07) is 6.84. The topological polar surface area (TPSA) is 187 Å². The lowest BCUT2D eigenvalue weighted by Crippen LogP contribution is -2.74. The Morgan fingerprint density at radius 3 is 2.58 bits per heavy atom. The Balaban J connectivity index is 1.11. The number of rotatable bonds is 8. The van der Waals surface area contributed by atoms with Crippen LogP contribution >= 0.6 is 0 Å². The summed E-state index contributed by atoms with van der Waals surface area (Å²) >= 11 is 0. The average molecular weight is 613 g/mol. The van der Waals surface area contributed by atoms with Crippen molar-refractivity contribution >= 4 is 19.2 Å². The fraction of sp³-hybridized carbons (Fsp3) is 0.414. The molecule has 0 aliphatic carbocycles. The van der Waals surface area contributed by atoms with E-state index in [0.717, 1.165) is 6.42 Å². The summed E-state index contributed by atoms with van der Waals surface area (Å²) in [6.07, 6.45) is 7.99. The Morgan fingerprint density at radius 2 is 1.93 bits per heavy atom. The molecule has 4 saturated heterocycles. The molecule has 8 heterocycles. The summed E-state index contributed by atoms with van der Waals surface area (Å²) in [5, 5.41) is 50.5. The number of anilines is 1. The molecule has 4 aliphatic heterocycles. The van der Waals surface area contributed by atoms with Crippen LogP contribution in [0.15, 0.2) is 49.2 Å². The highest BCUT2D eigenvalue weighted by molar-refractivity contribution is 6.13. The Kier molecular flexibility index (Phi) is 7.31. The summed E-state index contributed by atoms with van der Waals surface area (Å²) in [5.41, 5.74) is 0.578. The number of fused-ring (bicyclic) bond motifs is 3. The van der Waals surface area contributed by atoms with E-state index >= 15 is 0 Å². The maximum Gasteiger partial charge on any atom is 0.255 e. The monoisotopic (exact) mass is 613 g/mol. The predicted molar refractivity (Wildman–Crippen MR) is 161 cm³/mol. The van der Waals surface area contributed by atoms with E-state index in [1.54, 1.807) is 49.5 Å². The van der Waals surface area contributed by atoms with Crippen molar-refractivity contribution in [3.63, 3.8) is 0 Å². The molecule has 4 fully saturated rings. The van der Waals surface area contributed by atoms with Crippen LogP contribution < -0.4 is 19.7 Å². The van der Waals surface area contributed by atoms with Gasteiger partial charge in [0.15, 0.2) is 13.5 Å². The van der Waals surface area contributed by atoms with Gasteiger partial charge in [-0.25, -0.2) is 19.4 Å². The number of pyridine rings is 2. The minimum atomic E-state index is -2.17. The Hall–Kier alpha value is -4.37. The van der Waals surface area contributed by atoms with Crippen LogP contribution in [0.2, 0.25) is 0 Å². The molecule has 4 N–H and O–H groups in total. The van der Waals surface area contributed by atoms with Gasteiger partial charge in [-0.1, -0.05) is 0 Å². The van der Waals surface area contributed by atoms with E-state index in [0.29, 0.717) is 72.6 Å². The third-order valence-electron chi connectivity index (χ3n) is 8.68. The third-order valence-corrected chi connectivity index (χ3v) is 8.68. The molecule has 45 heavy (non-hydrogen) atoms. The van der Waals surface area contributed by atoms with Gasteiger partial charge in [0.2, 0.25) is 5.88 Å². The molecule has 2 bridgehead atoms. The Bertz CT molecular complexity index is 1730. The van der Waals surface area contributed by atoms with Gasteiger partial charge >= 0.3 is 0 Å². The van der Waals surface area contributed by atoms with Crippen LogP contribution in [0.3, 0.4) is 0 Å². The molecule has 4 unspecified atom stereocenters. The number of aromatic nitrogens is 5. The van der Waals surface area contributed by atoms with Crippen molar-refractivity contribution in [2.75, 3.05) is 44.8 Å². The van der Waals surface area contributed by atoms with Gasteiger partial charge in [-0.15, -0.1) is 0 Å². The fourth-order valence-electron chi connectivity index (χ4n) is 6.42. The summed E-state index contributed by atoms with van der Waals surface area (Å²) in [5.74, 6) is -0.819. The smallest absolute Gasteiger partial charge is 0.255 e. The molecule has 0 radical (unpaired) electrons. The molecule has 0 aromatic carbocycles. The van der Waals surface area contributed by atoms with Crippen molar-refractivity contribution in [3.8, 4) is 29.0 Å². The van der Waals surface area contributed by atoms with E-state index in [1.165, 1.54) is 24.0 Å². The van der Waals surface area contributed by atoms with Crippen molar-refractivity contribution in [1.82, 2.24) is 34.8 Å². The number of piperazine rings is 1. The van der Waals surface area contributed by atoms with Crippen molar-refractivity contribution in [3.05, 3.63) is 60.3 Å². The molecule has 4 aliphatic rings. The molecule has 4 aromatic heterocycles. The predicted octanol–water partition coefficient (Wildman–Crippen LogP) is -1.23. The number of nitriles is 1. The second-order valence-corrected chi connectivity index (χ2v) is 11.6. The third kappa shape index (κ3) is 5.23. The summed E-state index contributed by atoms with van der Waals surface area (Å²) in [7, 11) is 3.05. The maximum atomic E-state index is 11.1. The van der Waals surface area contributed by atoms with Gasteiger partial charge in [0.05, 0.1) is 55.3 Å². The molecule has 0 saturated carbocycles. The van der Waals surface area contributed by atoms with E-state index in [2.05, 4.69) is 36.3 Å². The van der Waals surface area contributed by atoms with Crippen LogP contribution in [0, 0.1) is 11.3 Å². The van der Waals surface area contributed by atoms with E-state index in [9.17, 15) is 20.6 Å². The minimum Gasteiger partial charge on any atom is -0.481 e.